The van der Waals surface area contributed by atoms with Gasteiger partial charge in [-0.15, -0.1) is 0 Å². The fourth-order valence-corrected chi connectivity index (χ4v) is 3.05. The Labute approximate surface area is 123 Å². The van der Waals surface area contributed by atoms with Crippen LogP contribution in [0.2, 0.25) is 0 Å². The van der Waals surface area contributed by atoms with Gasteiger partial charge in [-0.25, -0.2) is 0 Å². The molecule has 1 aromatic rings. The minimum Gasteiger partial charge on any atom is -0.315 e. The molecule has 1 atom stereocenters. The van der Waals surface area contributed by atoms with Crippen LogP contribution in [0.5, 0.6) is 0 Å². The molecular weight excluding hydrogens is 244 g/mol. The van der Waals surface area contributed by atoms with Gasteiger partial charge in [0.1, 0.15) is 0 Å². The summed E-state index contributed by atoms with van der Waals surface area (Å²) in [5.41, 5.74) is 1.49. The van der Waals surface area contributed by atoms with Gasteiger partial charge in [-0.2, -0.15) is 0 Å². The van der Waals surface area contributed by atoms with Gasteiger partial charge in [0, 0.05) is 25.2 Å². The van der Waals surface area contributed by atoms with Gasteiger partial charge < -0.3 is 5.32 Å². The van der Waals surface area contributed by atoms with Gasteiger partial charge in [-0.05, 0) is 50.1 Å². The van der Waals surface area contributed by atoms with Gasteiger partial charge in [-0.3, -0.25) is 4.90 Å². The summed E-state index contributed by atoms with van der Waals surface area (Å²) in [6.45, 7) is 5.79. The van der Waals surface area contributed by atoms with Crippen LogP contribution in [0.4, 0.5) is 0 Å². The molecule has 2 heteroatoms. The summed E-state index contributed by atoms with van der Waals surface area (Å²) in [7, 11) is 0. The highest BCUT2D eigenvalue weighted by molar-refractivity contribution is 5.20. The van der Waals surface area contributed by atoms with Gasteiger partial charge in [0.2, 0.25) is 0 Å². The maximum absolute atomic E-state index is 3.65. The highest BCUT2D eigenvalue weighted by Crippen LogP contribution is 2.39. The Balaban J connectivity index is 1.71. The van der Waals surface area contributed by atoms with Gasteiger partial charge in [-0.1, -0.05) is 37.3 Å². The highest BCUT2D eigenvalue weighted by atomic mass is 15.2. The monoisotopic (exact) mass is 272 g/mol. The average molecular weight is 272 g/mol. The van der Waals surface area contributed by atoms with Crippen molar-refractivity contribution >= 4 is 0 Å². The number of hydrogen-bond donors (Lipinski definition) is 1. The topological polar surface area (TPSA) is 15.3 Å². The van der Waals surface area contributed by atoms with Crippen LogP contribution in [-0.2, 0) is 0 Å². The molecule has 0 radical (unpaired) electrons. The second kappa shape index (κ2) is 6.73. The van der Waals surface area contributed by atoms with E-state index < -0.39 is 0 Å². The summed E-state index contributed by atoms with van der Waals surface area (Å²) in [6, 6.07) is 12.5. The lowest BCUT2D eigenvalue weighted by Gasteiger charge is -2.32. The van der Waals surface area contributed by atoms with E-state index in [1.165, 1.54) is 44.2 Å². The van der Waals surface area contributed by atoms with E-state index in [1.807, 2.05) is 0 Å². The highest BCUT2D eigenvalue weighted by Gasteiger charge is 2.37. The van der Waals surface area contributed by atoms with Crippen LogP contribution in [0.1, 0.15) is 50.6 Å². The zero-order chi connectivity index (χ0) is 13.8. The Morgan fingerprint density at radius 1 is 1.15 bits per heavy atom. The van der Waals surface area contributed by atoms with Crippen molar-refractivity contribution in [2.24, 2.45) is 5.92 Å². The van der Waals surface area contributed by atoms with Crippen LogP contribution < -0.4 is 5.32 Å². The fraction of sp³-hybridized carbons (Fsp3) is 0.667. The van der Waals surface area contributed by atoms with Crippen molar-refractivity contribution in [1.82, 2.24) is 10.2 Å². The van der Waals surface area contributed by atoms with Crippen molar-refractivity contribution in [3.63, 3.8) is 0 Å². The molecule has 0 bridgehead atoms. The molecule has 0 aliphatic heterocycles. The first kappa shape index (κ1) is 14.1. The van der Waals surface area contributed by atoms with E-state index in [9.17, 15) is 0 Å². The summed E-state index contributed by atoms with van der Waals surface area (Å²) < 4.78 is 0. The Morgan fingerprint density at radius 2 is 1.90 bits per heavy atom. The number of hydrogen-bond acceptors (Lipinski definition) is 2. The first-order valence-corrected chi connectivity index (χ1v) is 8.40. The zero-order valence-corrected chi connectivity index (χ0v) is 12.7. The Hall–Kier alpha value is -0.860. The van der Waals surface area contributed by atoms with Crippen molar-refractivity contribution in [2.45, 2.75) is 51.1 Å². The molecule has 1 N–H and O–H groups in total. The standard InChI is InChI=1S/C18H28N2/c1-2-12-19-13-18(16-6-4-3-5-7-16)20(17-10-11-17)14-15-8-9-15/h3-7,15,17-19H,2,8-14H2,1H3. The zero-order valence-electron chi connectivity index (χ0n) is 12.7. The largest absolute Gasteiger partial charge is 0.315 e. The molecule has 1 aromatic carbocycles. The molecule has 2 fully saturated rings. The van der Waals surface area contributed by atoms with Crippen LogP contribution in [0.25, 0.3) is 0 Å². The van der Waals surface area contributed by atoms with E-state index in [1.54, 1.807) is 0 Å². The Bertz CT molecular complexity index is 395. The normalized spacial score (nSPS) is 20.3. The number of rotatable bonds is 9. The second-order valence-electron chi connectivity index (χ2n) is 6.50. The van der Waals surface area contributed by atoms with E-state index in [-0.39, 0.29) is 0 Å². The molecule has 0 spiro atoms. The predicted molar refractivity (Wildman–Crippen MR) is 84.8 cm³/mol. The van der Waals surface area contributed by atoms with Crippen LogP contribution >= 0.6 is 0 Å². The molecule has 20 heavy (non-hydrogen) atoms. The predicted octanol–water partition coefficient (Wildman–Crippen LogP) is 3.60. The molecule has 0 heterocycles. The summed E-state index contributed by atoms with van der Waals surface area (Å²) >= 11 is 0. The number of benzene rings is 1. The molecular formula is C18H28N2. The third kappa shape index (κ3) is 3.83. The third-order valence-corrected chi connectivity index (χ3v) is 4.53. The molecule has 0 amide bonds. The van der Waals surface area contributed by atoms with E-state index in [0.717, 1.165) is 25.0 Å². The smallest absolute Gasteiger partial charge is 0.0475 e. The van der Waals surface area contributed by atoms with E-state index in [2.05, 4.69) is 47.5 Å². The van der Waals surface area contributed by atoms with Gasteiger partial charge in [0.15, 0.2) is 0 Å². The minimum atomic E-state index is 0.566. The van der Waals surface area contributed by atoms with Crippen LogP contribution in [-0.4, -0.2) is 30.6 Å². The number of nitrogens with one attached hydrogen (secondary N) is 1. The lowest BCUT2D eigenvalue weighted by molar-refractivity contribution is 0.174. The van der Waals surface area contributed by atoms with Crippen molar-refractivity contribution in [2.75, 3.05) is 19.6 Å². The lowest BCUT2D eigenvalue weighted by atomic mass is 10.0. The average Bonchev–Trinajstić information content (AvgIpc) is 3.37. The third-order valence-electron chi connectivity index (χ3n) is 4.53. The van der Waals surface area contributed by atoms with Gasteiger partial charge in [0.05, 0.1) is 0 Å². The summed E-state index contributed by atoms with van der Waals surface area (Å²) in [5.74, 6) is 0.980. The second-order valence-corrected chi connectivity index (χ2v) is 6.50. The molecule has 3 rings (SSSR count). The summed E-state index contributed by atoms with van der Waals surface area (Å²) in [4.78, 5) is 2.80. The van der Waals surface area contributed by atoms with Gasteiger partial charge >= 0.3 is 0 Å². The Kier molecular flexibility index (Phi) is 4.74. The van der Waals surface area contributed by atoms with E-state index in [0.29, 0.717) is 6.04 Å². The summed E-state index contributed by atoms with van der Waals surface area (Å²) in [5, 5.41) is 3.65. The molecule has 2 saturated carbocycles. The molecule has 0 aromatic heterocycles. The quantitative estimate of drug-likeness (QED) is 0.691. The molecule has 110 valence electrons. The van der Waals surface area contributed by atoms with E-state index in [4.69, 9.17) is 0 Å². The first-order chi connectivity index (χ1) is 9.88. The molecule has 0 saturated heterocycles. The van der Waals surface area contributed by atoms with Gasteiger partial charge in [0.25, 0.3) is 0 Å². The van der Waals surface area contributed by atoms with Crippen molar-refractivity contribution in [3.05, 3.63) is 35.9 Å². The molecule has 2 nitrogen and oxygen atoms in total. The Morgan fingerprint density at radius 3 is 2.50 bits per heavy atom. The van der Waals surface area contributed by atoms with Crippen molar-refractivity contribution in [3.8, 4) is 0 Å². The maximum atomic E-state index is 3.65. The van der Waals surface area contributed by atoms with Crippen LogP contribution in [0.3, 0.4) is 0 Å². The van der Waals surface area contributed by atoms with Crippen LogP contribution in [0, 0.1) is 5.92 Å². The number of nitrogens with zero attached hydrogens (tertiary/aromatic N) is 1. The lowest BCUT2D eigenvalue weighted by Crippen LogP contribution is -2.39. The van der Waals surface area contributed by atoms with E-state index >= 15 is 0 Å². The fourth-order valence-electron chi connectivity index (χ4n) is 3.05. The van der Waals surface area contributed by atoms with Crippen molar-refractivity contribution in [1.29, 1.82) is 0 Å². The maximum Gasteiger partial charge on any atom is 0.0475 e. The molecule has 2 aliphatic rings. The first-order valence-electron chi connectivity index (χ1n) is 8.40. The van der Waals surface area contributed by atoms with Crippen molar-refractivity contribution < 1.29 is 0 Å². The molecule has 1 unspecified atom stereocenters. The summed E-state index contributed by atoms with van der Waals surface area (Å²) in [6.07, 6.45) is 6.93. The minimum absolute atomic E-state index is 0.566. The molecule has 2 aliphatic carbocycles. The SMILES string of the molecule is CCCNCC(c1ccccc1)N(CC1CC1)C1CC1. The van der Waals surface area contributed by atoms with Crippen LogP contribution in [0.15, 0.2) is 30.3 Å².